The summed E-state index contributed by atoms with van der Waals surface area (Å²) in [6.45, 7) is 5.47. The monoisotopic (exact) mass is 311 g/mol. The fraction of sp³-hybridized carbons (Fsp3) is 0.222. The number of amides is 3. The molecule has 3 amide bonds. The average Bonchev–Trinajstić information content (AvgIpc) is 2.50. The van der Waals surface area contributed by atoms with Crippen molar-refractivity contribution in [3.63, 3.8) is 0 Å². The highest BCUT2D eigenvalue weighted by Crippen LogP contribution is 2.21. The number of hydrogen-bond acceptors (Lipinski definition) is 2. The smallest absolute Gasteiger partial charge is 0.323 e. The molecular weight excluding hydrogens is 290 g/mol. The molecule has 120 valence electrons. The molecule has 5 heteroatoms. The minimum absolute atomic E-state index is 0.130. The van der Waals surface area contributed by atoms with Gasteiger partial charge in [-0.1, -0.05) is 25.1 Å². The van der Waals surface area contributed by atoms with Crippen molar-refractivity contribution < 1.29 is 9.59 Å². The van der Waals surface area contributed by atoms with E-state index in [0.29, 0.717) is 11.4 Å². The fourth-order valence-corrected chi connectivity index (χ4v) is 2.32. The molecule has 0 aliphatic heterocycles. The first-order valence-corrected chi connectivity index (χ1v) is 7.53. The molecule has 0 fully saturated rings. The zero-order chi connectivity index (χ0) is 16.8. The Morgan fingerprint density at radius 2 is 1.52 bits per heavy atom. The number of aryl methyl sites for hydroxylation is 2. The van der Waals surface area contributed by atoms with Crippen molar-refractivity contribution >= 4 is 29.0 Å². The summed E-state index contributed by atoms with van der Waals surface area (Å²) in [5, 5.41) is 8.37. The minimum atomic E-state index is -0.290. The highest BCUT2D eigenvalue weighted by Gasteiger charge is 2.08. The van der Waals surface area contributed by atoms with E-state index in [1.165, 1.54) is 6.92 Å². The van der Waals surface area contributed by atoms with Crippen LogP contribution in [0.15, 0.2) is 42.5 Å². The second kappa shape index (κ2) is 7.45. The van der Waals surface area contributed by atoms with Gasteiger partial charge in [0.05, 0.1) is 0 Å². The van der Waals surface area contributed by atoms with Crippen LogP contribution in [0.25, 0.3) is 0 Å². The Morgan fingerprint density at radius 3 is 2.09 bits per heavy atom. The van der Waals surface area contributed by atoms with Gasteiger partial charge in [0.25, 0.3) is 0 Å². The minimum Gasteiger partial charge on any atom is -0.326 e. The van der Waals surface area contributed by atoms with Crippen LogP contribution in [0, 0.1) is 6.92 Å². The molecule has 0 saturated heterocycles. The second-order valence-corrected chi connectivity index (χ2v) is 5.30. The lowest BCUT2D eigenvalue weighted by atomic mass is 10.1. The van der Waals surface area contributed by atoms with E-state index in [-0.39, 0.29) is 11.9 Å². The first kappa shape index (κ1) is 16.5. The second-order valence-electron chi connectivity index (χ2n) is 5.30. The summed E-state index contributed by atoms with van der Waals surface area (Å²) in [7, 11) is 0. The number of nitrogens with one attached hydrogen (secondary N) is 3. The summed E-state index contributed by atoms with van der Waals surface area (Å²) in [6, 6.07) is 12.6. The van der Waals surface area contributed by atoms with E-state index >= 15 is 0 Å². The number of carbonyl (C=O) groups is 2. The van der Waals surface area contributed by atoms with E-state index in [0.717, 1.165) is 23.2 Å². The molecule has 2 rings (SSSR count). The maximum absolute atomic E-state index is 12.2. The van der Waals surface area contributed by atoms with Crippen molar-refractivity contribution in [1.82, 2.24) is 0 Å². The Bertz CT molecular complexity index is 709. The number of rotatable bonds is 4. The molecule has 0 aliphatic rings. The molecule has 23 heavy (non-hydrogen) atoms. The predicted octanol–water partition coefficient (Wildman–Crippen LogP) is 4.16. The van der Waals surface area contributed by atoms with Crippen molar-refractivity contribution in [1.29, 1.82) is 0 Å². The third-order valence-corrected chi connectivity index (χ3v) is 3.44. The maximum atomic E-state index is 12.2. The van der Waals surface area contributed by atoms with Gasteiger partial charge in [0.2, 0.25) is 5.91 Å². The molecule has 0 aromatic heterocycles. The van der Waals surface area contributed by atoms with Crippen LogP contribution in [-0.2, 0) is 11.2 Å². The van der Waals surface area contributed by atoms with Gasteiger partial charge in [-0.25, -0.2) is 4.79 Å². The Labute approximate surface area is 136 Å². The van der Waals surface area contributed by atoms with Gasteiger partial charge in [-0.05, 0) is 48.7 Å². The van der Waals surface area contributed by atoms with E-state index in [9.17, 15) is 9.59 Å². The molecule has 0 spiro atoms. The topological polar surface area (TPSA) is 70.2 Å². The van der Waals surface area contributed by atoms with Crippen LogP contribution in [0.4, 0.5) is 21.9 Å². The van der Waals surface area contributed by atoms with Gasteiger partial charge in [-0.2, -0.15) is 0 Å². The molecule has 0 saturated carbocycles. The van der Waals surface area contributed by atoms with Crippen molar-refractivity contribution in [2.24, 2.45) is 0 Å². The third-order valence-electron chi connectivity index (χ3n) is 3.44. The standard InChI is InChI=1S/C18H21N3O2/c1-4-14-7-5-6-12(2)17(14)21-18(23)20-16-10-8-15(9-11-16)19-13(3)22/h5-11H,4H2,1-3H3,(H,19,22)(H2,20,21,23). The SMILES string of the molecule is CCc1cccc(C)c1NC(=O)Nc1ccc(NC(C)=O)cc1. The van der Waals surface area contributed by atoms with Crippen LogP contribution >= 0.6 is 0 Å². The number of hydrogen-bond donors (Lipinski definition) is 3. The summed E-state index contributed by atoms with van der Waals surface area (Å²) in [6.07, 6.45) is 0.850. The Balaban J connectivity index is 2.04. The Kier molecular flexibility index (Phi) is 5.36. The molecule has 2 aromatic rings. The number of anilines is 3. The van der Waals surface area contributed by atoms with Gasteiger partial charge < -0.3 is 16.0 Å². The zero-order valence-corrected chi connectivity index (χ0v) is 13.6. The highest BCUT2D eigenvalue weighted by molar-refractivity contribution is 6.01. The van der Waals surface area contributed by atoms with Gasteiger partial charge in [-0.15, -0.1) is 0 Å². The molecule has 0 radical (unpaired) electrons. The van der Waals surface area contributed by atoms with Crippen LogP contribution < -0.4 is 16.0 Å². The third kappa shape index (κ3) is 4.57. The van der Waals surface area contributed by atoms with Gasteiger partial charge in [0, 0.05) is 24.0 Å². The average molecular weight is 311 g/mol. The van der Waals surface area contributed by atoms with E-state index in [4.69, 9.17) is 0 Å². The summed E-state index contributed by atoms with van der Waals surface area (Å²) >= 11 is 0. The maximum Gasteiger partial charge on any atom is 0.323 e. The first-order chi connectivity index (χ1) is 11.0. The summed E-state index contributed by atoms with van der Waals surface area (Å²) in [4.78, 5) is 23.2. The lowest BCUT2D eigenvalue weighted by molar-refractivity contribution is -0.114. The molecule has 0 aliphatic carbocycles. The normalized spacial score (nSPS) is 10.0. The molecule has 2 aromatic carbocycles. The van der Waals surface area contributed by atoms with Crippen LogP contribution in [0.1, 0.15) is 25.0 Å². The van der Waals surface area contributed by atoms with Crippen LogP contribution in [0.5, 0.6) is 0 Å². The lowest BCUT2D eigenvalue weighted by Crippen LogP contribution is -2.20. The van der Waals surface area contributed by atoms with Crippen LogP contribution in [0.2, 0.25) is 0 Å². The number of urea groups is 1. The molecule has 0 heterocycles. The number of para-hydroxylation sites is 1. The molecule has 0 unspecified atom stereocenters. The van der Waals surface area contributed by atoms with E-state index in [2.05, 4.69) is 22.9 Å². The van der Waals surface area contributed by atoms with Gasteiger partial charge >= 0.3 is 6.03 Å². The number of benzene rings is 2. The molecule has 0 atom stereocenters. The van der Waals surface area contributed by atoms with Crippen molar-refractivity contribution in [3.8, 4) is 0 Å². The fourth-order valence-electron chi connectivity index (χ4n) is 2.32. The van der Waals surface area contributed by atoms with E-state index in [1.54, 1.807) is 24.3 Å². The molecule has 3 N–H and O–H groups in total. The predicted molar refractivity (Wildman–Crippen MR) is 93.9 cm³/mol. The molecule has 0 bridgehead atoms. The summed E-state index contributed by atoms with van der Waals surface area (Å²) in [5.41, 5.74) is 4.32. The quantitative estimate of drug-likeness (QED) is 0.793. The van der Waals surface area contributed by atoms with E-state index < -0.39 is 0 Å². The van der Waals surface area contributed by atoms with Gasteiger partial charge in [0.1, 0.15) is 0 Å². The van der Waals surface area contributed by atoms with Gasteiger partial charge in [0.15, 0.2) is 0 Å². The van der Waals surface area contributed by atoms with Crippen LogP contribution in [0.3, 0.4) is 0 Å². The first-order valence-electron chi connectivity index (χ1n) is 7.53. The molecular formula is C18H21N3O2. The lowest BCUT2D eigenvalue weighted by Gasteiger charge is -2.14. The Hall–Kier alpha value is -2.82. The van der Waals surface area contributed by atoms with Gasteiger partial charge in [-0.3, -0.25) is 4.79 Å². The van der Waals surface area contributed by atoms with Crippen LogP contribution in [-0.4, -0.2) is 11.9 Å². The largest absolute Gasteiger partial charge is 0.326 e. The number of carbonyl (C=O) groups excluding carboxylic acids is 2. The van der Waals surface area contributed by atoms with E-state index in [1.807, 2.05) is 25.1 Å². The zero-order valence-electron chi connectivity index (χ0n) is 13.6. The highest BCUT2D eigenvalue weighted by atomic mass is 16.2. The van der Waals surface area contributed by atoms with Crippen molar-refractivity contribution in [2.75, 3.05) is 16.0 Å². The molecule has 5 nitrogen and oxygen atoms in total. The summed E-state index contributed by atoms with van der Waals surface area (Å²) < 4.78 is 0. The van der Waals surface area contributed by atoms with Crippen molar-refractivity contribution in [2.45, 2.75) is 27.2 Å². The summed E-state index contributed by atoms with van der Waals surface area (Å²) in [5.74, 6) is -0.130. The Morgan fingerprint density at radius 1 is 0.913 bits per heavy atom. The van der Waals surface area contributed by atoms with Crippen molar-refractivity contribution in [3.05, 3.63) is 53.6 Å².